The summed E-state index contributed by atoms with van der Waals surface area (Å²) in [5.74, 6) is -1.37. The van der Waals surface area contributed by atoms with Crippen LogP contribution >= 0.6 is 0 Å². The van der Waals surface area contributed by atoms with Gasteiger partial charge in [-0.25, -0.2) is 4.79 Å². The van der Waals surface area contributed by atoms with Crippen molar-refractivity contribution in [3.63, 3.8) is 0 Å². The van der Waals surface area contributed by atoms with Crippen LogP contribution in [0.25, 0.3) is 0 Å². The number of benzene rings is 1. The van der Waals surface area contributed by atoms with Gasteiger partial charge >= 0.3 is 12.1 Å². The van der Waals surface area contributed by atoms with Crippen LogP contribution in [0.2, 0.25) is 0 Å². The molecule has 0 aliphatic carbocycles. The highest BCUT2D eigenvalue weighted by molar-refractivity contribution is 5.87. The first-order valence-electron chi connectivity index (χ1n) is 4.73. The summed E-state index contributed by atoms with van der Waals surface area (Å²) in [6.45, 7) is 5.29. The number of hydrogen-bond acceptors (Lipinski definition) is 1. The van der Waals surface area contributed by atoms with Gasteiger partial charge in [0.25, 0.3) is 0 Å². The van der Waals surface area contributed by atoms with Gasteiger partial charge in [0.2, 0.25) is 0 Å². The first-order valence-corrected chi connectivity index (χ1v) is 4.73. The summed E-state index contributed by atoms with van der Waals surface area (Å²) in [6.07, 6.45) is -4.50. The van der Waals surface area contributed by atoms with Crippen molar-refractivity contribution in [1.82, 2.24) is 0 Å². The number of aryl methyl sites for hydroxylation is 1. The van der Waals surface area contributed by atoms with Gasteiger partial charge in [-0.2, -0.15) is 13.2 Å². The number of alkyl halides is 3. The minimum Gasteiger partial charge on any atom is -0.478 e. The molecule has 0 radical (unpaired) electrons. The summed E-state index contributed by atoms with van der Waals surface area (Å²) in [5.41, 5.74) is -1.25. The molecule has 0 saturated heterocycles. The summed E-state index contributed by atoms with van der Waals surface area (Å²) in [5, 5.41) is 8.50. The maximum absolute atomic E-state index is 12.3. The molecule has 0 amide bonds. The van der Waals surface area contributed by atoms with Crippen LogP contribution in [0.5, 0.6) is 0 Å². The molecule has 0 spiro atoms. The minimum absolute atomic E-state index is 0.0162. The predicted molar refractivity (Wildman–Crippen MR) is 54.5 cm³/mol. The van der Waals surface area contributed by atoms with E-state index in [1.54, 1.807) is 0 Å². The SMILES string of the molecule is CC.Cc1ccc(C(=O)O)cc1C(F)(F)F. The van der Waals surface area contributed by atoms with Crippen molar-refractivity contribution in [2.45, 2.75) is 26.9 Å². The molecule has 0 aliphatic heterocycles. The van der Waals surface area contributed by atoms with Gasteiger partial charge < -0.3 is 5.11 Å². The highest BCUT2D eigenvalue weighted by Crippen LogP contribution is 2.32. The largest absolute Gasteiger partial charge is 0.478 e. The lowest BCUT2D eigenvalue weighted by Gasteiger charge is -2.10. The Balaban J connectivity index is 0.00000106. The Morgan fingerprint density at radius 2 is 1.75 bits per heavy atom. The fourth-order valence-corrected chi connectivity index (χ4v) is 1.06. The smallest absolute Gasteiger partial charge is 0.416 e. The second-order valence-electron chi connectivity index (χ2n) is 2.83. The summed E-state index contributed by atoms with van der Waals surface area (Å²) >= 11 is 0. The van der Waals surface area contributed by atoms with Crippen LogP contribution in [0, 0.1) is 6.92 Å². The Morgan fingerprint density at radius 3 is 2.12 bits per heavy atom. The quantitative estimate of drug-likeness (QED) is 0.803. The monoisotopic (exact) mass is 234 g/mol. The van der Waals surface area contributed by atoms with Crippen LogP contribution in [0.1, 0.15) is 35.3 Å². The lowest BCUT2D eigenvalue weighted by molar-refractivity contribution is -0.138. The molecule has 5 heteroatoms. The number of aromatic carboxylic acids is 1. The number of halogens is 3. The van der Waals surface area contributed by atoms with E-state index in [0.29, 0.717) is 6.07 Å². The first kappa shape index (κ1) is 14.5. The fraction of sp³-hybridized carbons (Fsp3) is 0.364. The maximum Gasteiger partial charge on any atom is 0.416 e. The number of carboxylic acids is 1. The van der Waals surface area contributed by atoms with E-state index in [0.717, 1.165) is 12.1 Å². The summed E-state index contributed by atoms with van der Waals surface area (Å²) in [4.78, 5) is 10.4. The molecule has 1 N–H and O–H groups in total. The second kappa shape index (κ2) is 5.53. The van der Waals surface area contributed by atoms with E-state index < -0.39 is 17.7 Å². The lowest BCUT2D eigenvalue weighted by atomic mass is 10.0. The van der Waals surface area contributed by atoms with Gasteiger partial charge in [-0.15, -0.1) is 0 Å². The molecule has 0 atom stereocenters. The highest BCUT2D eigenvalue weighted by atomic mass is 19.4. The molecule has 1 aromatic rings. The number of carboxylic acid groups (broad SMARTS) is 1. The number of rotatable bonds is 1. The third-order valence-electron chi connectivity index (χ3n) is 1.79. The first-order chi connectivity index (χ1) is 7.32. The Morgan fingerprint density at radius 1 is 1.25 bits per heavy atom. The Labute approximate surface area is 91.7 Å². The molecule has 90 valence electrons. The second-order valence-corrected chi connectivity index (χ2v) is 2.83. The van der Waals surface area contributed by atoms with Crippen LogP contribution in [0.3, 0.4) is 0 Å². The van der Waals surface area contributed by atoms with E-state index >= 15 is 0 Å². The fourth-order valence-electron chi connectivity index (χ4n) is 1.06. The standard InChI is InChI=1S/C9H7F3O2.C2H6/c1-5-2-3-6(8(13)14)4-7(5)9(10,11)12;1-2/h2-4H,1H3,(H,13,14);1-2H3. The van der Waals surface area contributed by atoms with Crippen molar-refractivity contribution in [2.75, 3.05) is 0 Å². The zero-order valence-electron chi connectivity index (χ0n) is 9.22. The van der Waals surface area contributed by atoms with Crippen LogP contribution < -0.4 is 0 Å². The van der Waals surface area contributed by atoms with Gasteiger partial charge in [-0.3, -0.25) is 0 Å². The molecule has 1 aromatic carbocycles. The highest BCUT2D eigenvalue weighted by Gasteiger charge is 2.32. The average Bonchev–Trinajstić information content (AvgIpc) is 2.19. The Kier molecular flexibility index (Phi) is 5.01. The summed E-state index contributed by atoms with van der Waals surface area (Å²) in [6, 6.07) is 2.93. The van der Waals surface area contributed by atoms with Crippen molar-refractivity contribution in [2.24, 2.45) is 0 Å². The third kappa shape index (κ3) is 3.56. The lowest BCUT2D eigenvalue weighted by Crippen LogP contribution is -2.09. The van der Waals surface area contributed by atoms with Gasteiger partial charge in [0.1, 0.15) is 0 Å². The van der Waals surface area contributed by atoms with Crippen molar-refractivity contribution in [3.05, 3.63) is 34.9 Å². The van der Waals surface area contributed by atoms with Crippen LogP contribution in [-0.2, 0) is 6.18 Å². The van der Waals surface area contributed by atoms with E-state index in [9.17, 15) is 18.0 Å². The summed E-state index contributed by atoms with van der Waals surface area (Å²) < 4.78 is 36.9. The van der Waals surface area contributed by atoms with Gasteiger partial charge in [0.05, 0.1) is 11.1 Å². The maximum atomic E-state index is 12.3. The zero-order chi connectivity index (χ0) is 12.9. The normalized spacial score (nSPS) is 10.4. The van der Waals surface area contributed by atoms with E-state index in [4.69, 9.17) is 5.11 Å². The molecular weight excluding hydrogens is 221 g/mol. The minimum atomic E-state index is -4.50. The molecule has 0 saturated carbocycles. The Bertz CT molecular complexity index is 370. The van der Waals surface area contributed by atoms with Crippen LogP contribution in [0.4, 0.5) is 13.2 Å². The molecule has 16 heavy (non-hydrogen) atoms. The van der Waals surface area contributed by atoms with Crippen LogP contribution in [0.15, 0.2) is 18.2 Å². The van der Waals surface area contributed by atoms with Crippen molar-refractivity contribution in [1.29, 1.82) is 0 Å². The zero-order valence-corrected chi connectivity index (χ0v) is 9.22. The molecule has 0 aromatic heterocycles. The van der Waals surface area contributed by atoms with Crippen molar-refractivity contribution in [3.8, 4) is 0 Å². The molecule has 0 heterocycles. The number of hydrogen-bond donors (Lipinski definition) is 1. The average molecular weight is 234 g/mol. The van der Waals surface area contributed by atoms with Gasteiger partial charge in [0, 0.05) is 0 Å². The predicted octanol–water partition coefficient (Wildman–Crippen LogP) is 3.74. The number of carbonyl (C=O) groups is 1. The Hall–Kier alpha value is -1.52. The molecule has 2 nitrogen and oxygen atoms in total. The third-order valence-corrected chi connectivity index (χ3v) is 1.79. The van der Waals surface area contributed by atoms with E-state index in [1.165, 1.54) is 6.92 Å². The van der Waals surface area contributed by atoms with Gasteiger partial charge in [-0.1, -0.05) is 19.9 Å². The molecule has 1 rings (SSSR count). The van der Waals surface area contributed by atoms with Crippen molar-refractivity contribution >= 4 is 5.97 Å². The molecule has 0 fully saturated rings. The molecule has 0 unspecified atom stereocenters. The molecular formula is C11H13F3O2. The van der Waals surface area contributed by atoms with E-state index in [1.807, 2.05) is 13.8 Å². The van der Waals surface area contributed by atoms with Crippen molar-refractivity contribution < 1.29 is 23.1 Å². The molecule has 0 aliphatic rings. The van der Waals surface area contributed by atoms with E-state index in [2.05, 4.69) is 0 Å². The van der Waals surface area contributed by atoms with E-state index in [-0.39, 0.29) is 11.1 Å². The topological polar surface area (TPSA) is 37.3 Å². The van der Waals surface area contributed by atoms with Crippen LogP contribution in [-0.4, -0.2) is 11.1 Å². The van der Waals surface area contributed by atoms with Gasteiger partial charge in [-0.05, 0) is 24.6 Å². The van der Waals surface area contributed by atoms with Gasteiger partial charge in [0.15, 0.2) is 0 Å². The molecule has 0 bridgehead atoms. The summed E-state index contributed by atoms with van der Waals surface area (Å²) in [7, 11) is 0.